The molecule has 4 nitrogen and oxygen atoms in total. The van der Waals surface area contributed by atoms with E-state index in [9.17, 15) is 9.90 Å². The van der Waals surface area contributed by atoms with Crippen LogP contribution >= 0.6 is 0 Å². The van der Waals surface area contributed by atoms with Crippen molar-refractivity contribution < 1.29 is 14.6 Å². The minimum absolute atomic E-state index is 0.0821. The van der Waals surface area contributed by atoms with Crippen LogP contribution in [0.15, 0.2) is 30.3 Å². The van der Waals surface area contributed by atoms with Crippen molar-refractivity contribution in [2.45, 2.75) is 0 Å². The molecule has 0 aromatic heterocycles. The van der Waals surface area contributed by atoms with Crippen LogP contribution in [0.4, 0.5) is 5.69 Å². The van der Waals surface area contributed by atoms with Gasteiger partial charge in [-0.2, -0.15) is 0 Å². The molecular formula is C12H11NO3. The zero-order valence-electron chi connectivity index (χ0n) is 8.73. The fourth-order valence-electron chi connectivity index (χ4n) is 1.65. The lowest BCUT2D eigenvalue weighted by Crippen LogP contribution is -2.03. The molecule has 0 amide bonds. The average Bonchev–Trinajstić information content (AvgIpc) is 2.33. The lowest BCUT2D eigenvalue weighted by atomic mass is 10.0. The molecule has 3 N–H and O–H groups in total. The number of phenolic OH excluding ortho intramolecular Hbond substituents is 1. The molecule has 82 valence electrons. The standard InChI is InChI=1S/C12H11NO3/c1-16-12(15)9-6-10(13)7-4-2-3-5-8(7)11(9)14/h2-6,14H,13H2,1H3. The number of hydrogen-bond donors (Lipinski definition) is 2. The van der Waals surface area contributed by atoms with Crippen LogP contribution in [0.3, 0.4) is 0 Å². The van der Waals surface area contributed by atoms with Crippen molar-refractivity contribution in [3.05, 3.63) is 35.9 Å². The van der Waals surface area contributed by atoms with E-state index in [1.165, 1.54) is 13.2 Å². The summed E-state index contributed by atoms with van der Waals surface area (Å²) in [6.07, 6.45) is 0. The summed E-state index contributed by atoms with van der Waals surface area (Å²) in [4.78, 5) is 11.4. The predicted octanol–water partition coefficient (Wildman–Crippen LogP) is 1.91. The van der Waals surface area contributed by atoms with Crippen LogP contribution in [0.1, 0.15) is 10.4 Å². The van der Waals surface area contributed by atoms with Crippen LogP contribution < -0.4 is 5.73 Å². The Morgan fingerprint density at radius 3 is 2.56 bits per heavy atom. The van der Waals surface area contributed by atoms with E-state index in [4.69, 9.17) is 5.73 Å². The van der Waals surface area contributed by atoms with Gasteiger partial charge >= 0.3 is 5.97 Å². The van der Waals surface area contributed by atoms with E-state index in [0.717, 1.165) is 0 Å². The number of phenols is 1. The number of carbonyl (C=O) groups is 1. The smallest absolute Gasteiger partial charge is 0.341 e. The first-order chi connectivity index (χ1) is 7.65. The van der Waals surface area contributed by atoms with Gasteiger partial charge in [0, 0.05) is 16.5 Å². The monoisotopic (exact) mass is 217 g/mol. The maximum Gasteiger partial charge on any atom is 0.341 e. The Hall–Kier alpha value is -2.23. The van der Waals surface area contributed by atoms with E-state index >= 15 is 0 Å². The maximum atomic E-state index is 11.4. The van der Waals surface area contributed by atoms with Gasteiger partial charge in [-0.1, -0.05) is 24.3 Å². The Balaban J connectivity index is 2.80. The highest BCUT2D eigenvalue weighted by molar-refractivity contribution is 6.05. The first-order valence-electron chi connectivity index (χ1n) is 4.73. The Kier molecular flexibility index (Phi) is 2.40. The number of nitrogen functional groups attached to an aromatic ring is 1. The number of carbonyl (C=O) groups excluding carboxylic acids is 1. The summed E-state index contributed by atoms with van der Waals surface area (Å²) in [5.41, 5.74) is 6.32. The lowest BCUT2D eigenvalue weighted by molar-refractivity contribution is 0.0598. The third kappa shape index (κ3) is 1.44. The van der Waals surface area contributed by atoms with E-state index in [-0.39, 0.29) is 11.3 Å². The molecule has 0 aliphatic rings. The van der Waals surface area contributed by atoms with Gasteiger partial charge in [0.15, 0.2) is 0 Å². The summed E-state index contributed by atoms with van der Waals surface area (Å²) >= 11 is 0. The maximum absolute atomic E-state index is 11.4. The van der Waals surface area contributed by atoms with Crippen molar-refractivity contribution in [2.24, 2.45) is 0 Å². The van der Waals surface area contributed by atoms with E-state index in [1.807, 2.05) is 6.07 Å². The van der Waals surface area contributed by atoms with Gasteiger partial charge in [0.1, 0.15) is 11.3 Å². The van der Waals surface area contributed by atoms with Crippen LogP contribution in [-0.4, -0.2) is 18.2 Å². The van der Waals surface area contributed by atoms with E-state index < -0.39 is 5.97 Å². The molecular weight excluding hydrogens is 206 g/mol. The average molecular weight is 217 g/mol. The molecule has 0 atom stereocenters. The third-order valence-corrected chi connectivity index (χ3v) is 2.45. The first kappa shape index (κ1) is 10.3. The number of aromatic hydroxyl groups is 1. The molecule has 4 heteroatoms. The molecule has 2 rings (SSSR count). The summed E-state index contributed by atoms with van der Waals surface area (Å²) < 4.78 is 4.57. The molecule has 0 spiro atoms. The highest BCUT2D eigenvalue weighted by Crippen LogP contribution is 2.33. The van der Waals surface area contributed by atoms with E-state index in [1.54, 1.807) is 18.2 Å². The molecule has 2 aromatic rings. The Labute approximate surface area is 92.3 Å². The van der Waals surface area contributed by atoms with Gasteiger partial charge in [-0.3, -0.25) is 0 Å². The van der Waals surface area contributed by atoms with Gasteiger partial charge < -0.3 is 15.6 Å². The first-order valence-corrected chi connectivity index (χ1v) is 4.73. The SMILES string of the molecule is COC(=O)c1cc(N)c2ccccc2c1O. The molecule has 16 heavy (non-hydrogen) atoms. The van der Waals surface area contributed by atoms with Crippen LogP contribution in [0, 0.1) is 0 Å². The minimum Gasteiger partial charge on any atom is -0.506 e. The number of hydrogen-bond acceptors (Lipinski definition) is 4. The Bertz CT molecular complexity index is 563. The molecule has 0 radical (unpaired) electrons. The number of esters is 1. The van der Waals surface area contributed by atoms with Crippen molar-refractivity contribution >= 4 is 22.4 Å². The van der Waals surface area contributed by atoms with Crippen LogP contribution in [-0.2, 0) is 4.74 Å². The van der Waals surface area contributed by atoms with Gasteiger partial charge in [-0.25, -0.2) is 4.79 Å². The number of rotatable bonds is 1. The largest absolute Gasteiger partial charge is 0.506 e. The summed E-state index contributed by atoms with van der Waals surface area (Å²) in [5.74, 6) is -0.702. The molecule has 0 fully saturated rings. The predicted molar refractivity (Wildman–Crippen MR) is 61.4 cm³/mol. The molecule has 0 saturated heterocycles. The number of benzene rings is 2. The van der Waals surface area contributed by atoms with E-state index in [2.05, 4.69) is 4.74 Å². The number of nitrogens with two attached hydrogens (primary N) is 1. The second kappa shape index (κ2) is 3.73. The van der Waals surface area contributed by atoms with Crippen LogP contribution in [0.5, 0.6) is 5.75 Å². The van der Waals surface area contributed by atoms with Crippen molar-refractivity contribution in [3.63, 3.8) is 0 Å². The van der Waals surface area contributed by atoms with Crippen molar-refractivity contribution in [2.75, 3.05) is 12.8 Å². The zero-order valence-corrected chi connectivity index (χ0v) is 8.73. The van der Waals surface area contributed by atoms with Gasteiger partial charge in [0.25, 0.3) is 0 Å². The molecule has 2 aromatic carbocycles. The summed E-state index contributed by atoms with van der Waals surface area (Å²) in [6, 6.07) is 8.49. The molecule has 0 aliphatic heterocycles. The van der Waals surface area contributed by atoms with E-state index in [0.29, 0.717) is 16.5 Å². The highest BCUT2D eigenvalue weighted by Gasteiger charge is 2.15. The van der Waals surface area contributed by atoms with Crippen molar-refractivity contribution in [3.8, 4) is 5.75 Å². The quantitative estimate of drug-likeness (QED) is 0.435. The molecule has 0 bridgehead atoms. The van der Waals surface area contributed by atoms with Gasteiger partial charge in [0.05, 0.1) is 7.11 Å². The normalized spacial score (nSPS) is 10.3. The van der Waals surface area contributed by atoms with Gasteiger partial charge in [-0.15, -0.1) is 0 Å². The minimum atomic E-state index is -0.602. The molecule has 0 unspecified atom stereocenters. The molecule has 0 saturated carbocycles. The van der Waals surface area contributed by atoms with Crippen molar-refractivity contribution in [1.82, 2.24) is 0 Å². The third-order valence-electron chi connectivity index (χ3n) is 2.45. The number of fused-ring (bicyclic) bond motifs is 1. The van der Waals surface area contributed by atoms with Crippen molar-refractivity contribution in [1.29, 1.82) is 0 Å². The van der Waals surface area contributed by atoms with Gasteiger partial charge in [0.2, 0.25) is 0 Å². The number of methoxy groups -OCH3 is 1. The van der Waals surface area contributed by atoms with Gasteiger partial charge in [-0.05, 0) is 6.07 Å². The number of ether oxygens (including phenoxy) is 1. The topological polar surface area (TPSA) is 72.5 Å². The second-order valence-electron chi connectivity index (χ2n) is 3.40. The Morgan fingerprint density at radius 2 is 1.94 bits per heavy atom. The lowest BCUT2D eigenvalue weighted by Gasteiger charge is -2.08. The highest BCUT2D eigenvalue weighted by atomic mass is 16.5. The fraction of sp³-hybridized carbons (Fsp3) is 0.0833. The van der Waals surface area contributed by atoms with Crippen LogP contribution in [0.2, 0.25) is 0 Å². The Morgan fingerprint density at radius 1 is 1.31 bits per heavy atom. The summed E-state index contributed by atoms with van der Waals surface area (Å²) in [6.45, 7) is 0. The second-order valence-corrected chi connectivity index (χ2v) is 3.40. The number of anilines is 1. The van der Waals surface area contributed by atoms with Crippen LogP contribution in [0.25, 0.3) is 10.8 Å². The summed E-state index contributed by atoms with van der Waals surface area (Å²) in [7, 11) is 1.26. The summed E-state index contributed by atoms with van der Waals surface area (Å²) in [5, 5.41) is 11.2. The fourth-order valence-corrected chi connectivity index (χ4v) is 1.65. The molecule has 0 heterocycles. The zero-order chi connectivity index (χ0) is 11.7. The molecule has 0 aliphatic carbocycles.